The minimum absolute atomic E-state index is 0.118. The van der Waals surface area contributed by atoms with Crippen LogP contribution in [0.4, 0.5) is 0 Å². The first-order chi connectivity index (χ1) is 10.0. The molecule has 1 unspecified atom stereocenters. The number of hydrogen-bond acceptors (Lipinski definition) is 5. The molecule has 1 amide bonds. The largest absolute Gasteiger partial charge is 0.384 e. The van der Waals surface area contributed by atoms with Crippen molar-refractivity contribution in [1.82, 2.24) is 10.3 Å². The van der Waals surface area contributed by atoms with Crippen LogP contribution in [0.25, 0.3) is 0 Å². The lowest BCUT2D eigenvalue weighted by Gasteiger charge is -2.24. The van der Waals surface area contributed by atoms with Gasteiger partial charge in [0.25, 0.3) is 5.91 Å². The van der Waals surface area contributed by atoms with E-state index in [4.69, 9.17) is 4.74 Å². The first-order valence-electron chi connectivity index (χ1n) is 6.52. The molecular weight excluding hydrogens is 288 g/mol. The molecule has 1 heterocycles. The van der Waals surface area contributed by atoms with Crippen molar-refractivity contribution < 1.29 is 14.6 Å². The second-order valence-electron chi connectivity index (χ2n) is 4.88. The number of thiazole rings is 1. The molecule has 0 aliphatic heterocycles. The van der Waals surface area contributed by atoms with E-state index in [1.165, 1.54) is 11.3 Å². The highest BCUT2D eigenvalue weighted by Gasteiger charge is 2.24. The number of nitrogens with zero attached hydrogens (tertiary/aromatic N) is 1. The monoisotopic (exact) mass is 306 g/mol. The van der Waals surface area contributed by atoms with Gasteiger partial charge in [-0.05, 0) is 12.5 Å². The zero-order valence-corrected chi connectivity index (χ0v) is 12.8. The van der Waals surface area contributed by atoms with Gasteiger partial charge < -0.3 is 15.2 Å². The van der Waals surface area contributed by atoms with Gasteiger partial charge in [0.1, 0.15) is 16.3 Å². The van der Waals surface area contributed by atoms with Gasteiger partial charge in [-0.1, -0.05) is 30.3 Å². The maximum absolute atomic E-state index is 12.0. The van der Waals surface area contributed by atoms with Crippen molar-refractivity contribution in [3.63, 3.8) is 0 Å². The smallest absolute Gasteiger partial charge is 0.270 e. The van der Waals surface area contributed by atoms with Crippen molar-refractivity contribution in [2.24, 2.45) is 0 Å². The highest BCUT2D eigenvalue weighted by molar-refractivity contribution is 7.09. The summed E-state index contributed by atoms with van der Waals surface area (Å²) in [7, 11) is 1.58. The minimum atomic E-state index is -1.12. The summed E-state index contributed by atoms with van der Waals surface area (Å²) in [5, 5.41) is 15.6. The molecular formula is C15H18N2O3S. The Hall–Kier alpha value is -1.76. The summed E-state index contributed by atoms with van der Waals surface area (Å²) in [6, 6.07) is 9.23. The van der Waals surface area contributed by atoms with Gasteiger partial charge in [0, 0.05) is 12.5 Å². The minimum Gasteiger partial charge on any atom is -0.384 e. The molecule has 0 spiro atoms. The van der Waals surface area contributed by atoms with E-state index in [0.29, 0.717) is 12.3 Å². The van der Waals surface area contributed by atoms with Crippen LogP contribution in [0, 0.1) is 0 Å². The lowest BCUT2D eigenvalue weighted by atomic mass is 9.96. The SMILES string of the molecule is COCc1nc(C(=O)NCC(C)(O)c2ccccc2)cs1. The summed E-state index contributed by atoms with van der Waals surface area (Å²) in [4.78, 5) is 16.2. The number of hydrogen-bond donors (Lipinski definition) is 2. The third kappa shape index (κ3) is 4.10. The van der Waals surface area contributed by atoms with E-state index in [9.17, 15) is 9.90 Å². The summed E-state index contributed by atoms with van der Waals surface area (Å²) >= 11 is 1.37. The molecule has 1 aromatic carbocycles. The van der Waals surface area contributed by atoms with E-state index < -0.39 is 5.60 Å². The van der Waals surface area contributed by atoms with Gasteiger partial charge in [0.2, 0.25) is 0 Å². The molecule has 2 rings (SSSR count). The van der Waals surface area contributed by atoms with Crippen LogP contribution in [0.3, 0.4) is 0 Å². The van der Waals surface area contributed by atoms with Crippen molar-refractivity contribution in [1.29, 1.82) is 0 Å². The second-order valence-corrected chi connectivity index (χ2v) is 5.82. The second kappa shape index (κ2) is 6.80. The van der Waals surface area contributed by atoms with Gasteiger partial charge in [-0.25, -0.2) is 4.98 Å². The van der Waals surface area contributed by atoms with Crippen LogP contribution in [-0.4, -0.2) is 29.7 Å². The number of rotatable bonds is 6. The van der Waals surface area contributed by atoms with Crippen molar-refractivity contribution in [3.05, 3.63) is 52.0 Å². The molecule has 0 fully saturated rings. The molecule has 6 heteroatoms. The van der Waals surface area contributed by atoms with Crippen molar-refractivity contribution in [3.8, 4) is 0 Å². The maximum atomic E-state index is 12.0. The van der Waals surface area contributed by atoms with E-state index in [1.807, 2.05) is 30.3 Å². The number of amides is 1. The first kappa shape index (κ1) is 15.6. The van der Waals surface area contributed by atoms with Gasteiger partial charge in [0.05, 0.1) is 13.2 Å². The van der Waals surface area contributed by atoms with Gasteiger partial charge in [-0.15, -0.1) is 11.3 Å². The van der Waals surface area contributed by atoms with Crippen molar-refractivity contribution in [2.75, 3.05) is 13.7 Å². The summed E-state index contributed by atoms with van der Waals surface area (Å²) < 4.78 is 4.97. The fourth-order valence-corrected chi connectivity index (χ4v) is 2.59. The fourth-order valence-electron chi connectivity index (χ4n) is 1.85. The Morgan fingerprint density at radius 2 is 2.14 bits per heavy atom. The quantitative estimate of drug-likeness (QED) is 0.855. The number of methoxy groups -OCH3 is 1. The van der Waals surface area contributed by atoms with Gasteiger partial charge >= 0.3 is 0 Å². The number of ether oxygens (including phenoxy) is 1. The average molecular weight is 306 g/mol. The van der Waals surface area contributed by atoms with Crippen LogP contribution in [-0.2, 0) is 16.9 Å². The molecule has 0 saturated heterocycles. The molecule has 1 aromatic heterocycles. The molecule has 5 nitrogen and oxygen atoms in total. The molecule has 0 aliphatic rings. The number of benzene rings is 1. The van der Waals surface area contributed by atoms with E-state index in [2.05, 4.69) is 10.3 Å². The van der Waals surface area contributed by atoms with Crippen LogP contribution >= 0.6 is 11.3 Å². The third-order valence-electron chi connectivity index (χ3n) is 3.04. The number of aliphatic hydroxyl groups is 1. The Morgan fingerprint density at radius 3 is 2.81 bits per heavy atom. The normalized spacial score (nSPS) is 13.7. The summed E-state index contributed by atoms with van der Waals surface area (Å²) in [5.74, 6) is -0.301. The zero-order valence-electron chi connectivity index (χ0n) is 12.0. The van der Waals surface area contributed by atoms with Crippen molar-refractivity contribution in [2.45, 2.75) is 19.1 Å². The molecule has 0 radical (unpaired) electrons. The lowest BCUT2D eigenvalue weighted by molar-refractivity contribution is 0.0525. The number of nitrogens with one attached hydrogen (secondary N) is 1. The molecule has 21 heavy (non-hydrogen) atoms. The average Bonchev–Trinajstić information content (AvgIpc) is 2.95. The van der Waals surface area contributed by atoms with Crippen LogP contribution in [0.2, 0.25) is 0 Å². The highest BCUT2D eigenvalue weighted by Crippen LogP contribution is 2.19. The highest BCUT2D eigenvalue weighted by atomic mass is 32.1. The van der Waals surface area contributed by atoms with Gasteiger partial charge in [0.15, 0.2) is 0 Å². The molecule has 0 saturated carbocycles. The van der Waals surface area contributed by atoms with E-state index in [1.54, 1.807) is 19.4 Å². The summed E-state index contributed by atoms with van der Waals surface area (Å²) in [6.45, 7) is 2.17. The number of carbonyl (C=O) groups is 1. The maximum Gasteiger partial charge on any atom is 0.270 e. The van der Waals surface area contributed by atoms with Crippen LogP contribution in [0.1, 0.15) is 28.0 Å². The summed E-state index contributed by atoms with van der Waals surface area (Å²) in [6.07, 6.45) is 0. The summed E-state index contributed by atoms with van der Waals surface area (Å²) in [5.41, 5.74) is -0.0259. The molecule has 0 aliphatic carbocycles. The molecule has 2 aromatic rings. The van der Waals surface area contributed by atoms with E-state index in [-0.39, 0.29) is 12.5 Å². The Labute approximate surface area is 127 Å². The fraction of sp³-hybridized carbons (Fsp3) is 0.333. The van der Waals surface area contributed by atoms with Gasteiger partial charge in [-0.3, -0.25) is 4.79 Å². The van der Waals surface area contributed by atoms with Crippen LogP contribution in [0.5, 0.6) is 0 Å². The molecule has 0 bridgehead atoms. The molecule has 1 atom stereocenters. The standard InChI is InChI=1S/C15H18N2O3S/c1-15(19,11-6-4-3-5-7-11)10-16-14(18)12-9-21-13(17-12)8-20-2/h3-7,9,19H,8,10H2,1-2H3,(H,16,18). The van der Waals surface area contributed by atoms with Crippen LogP contribution < -0.4 is 5.32 Å². The Balaban J connectivity index is 1.96. The molecule has 2 N–H and O–H groups in total. The third-order valence-corrected chi connectivity index (χ3v) is 3.86. The Kier molecular flexibility index (Phi) is 5.06. The zero-order chi connectivity index (χ0) is 15.3. The number of aromatic nitrogens is 1. The number of carbonyl (C=O) groups excluding carboxylic acids is 1. The predicted octanol–water partition coefficient (Wildman–Crippen LogP) is 1.93. The topological polar surface area (TPSA) is 71.5 Å². The van der Waals surface area contributed by atoms with E-state index >= 15 is 0 Å². The Morgan fingerprint density at radius 1 is 1.43 bits per heavy atom. The van der Waals surface area contributed by atoms with Crippen LogP contribution in [0.15, 0.2) is 35.7 Å². The first-order valence-corrected chi connectivity index (χ1v) is 7.40. The van der Waals surface area contributed by atoms with Crippen molar-refractivity contribution >= 4 is 17.2 Å². The lowest BCUT2D eigenvalue weighted by Crippen LogP contribution is -2.38. The molecule has 112 valence electrons. The van der Waals surface area contributed by atoms with E-state index in [0.717, 1.165) is 10.6 Å². The van der Waals surface area contributed by atoms with Gasteiger partial charge in [-0.2, -0.15) is 0 Å². The predicted molar refractivity (Wildman–Crippen MR) is 81.2 cm³/mol. The Bertz CT molecular complexity index is 596.